The minimum Gasteiger partial charge on any atom is -0.379 e. The van der Waals surface area contributed by atoms with Gasteiger partial charge in [0.15, 0.2) is 0 Å². The fourth-order valence-electron chi connectivity index (χ4n) is 3.82. The van der Waals surface area contributed by atoms with Crippen LogP contribution in [0.3, 0.4) is 0 Å². The number of benzene rings is 2. The quantitative estimate of drug-likeness (QED) is 0.584. The molecule has 2 aromatic carbocycles. The van der Waals surface area contributed by atoms with Gasteiger partial charge in [-0.3, -0.25) is 14.4 Å². The maximum Gasteiger partial charge on any atom is 0.244 e. The molecule has 2 heterocycles. The lowest BCUT2D eigenvalue weighted by atomic mass is 10.1. The number of halogens is 1. The summed E-state index contributed by atoms with van der Waals surface area (Å²) in [6.07, 6.45) is 0.920. The third kappa shape index (κ3) is 4.67. The molecular formula is C23H27ClN4O2. The topological polar surface area (TPSA) is 59.4 Å². The van der Waals surface area contributed by atoms with Crippen LogP contribution in [0, 0.1) is 0 Å². The summed E-state index contributed by atoms with van der Waals surface area (Å²) in [5, 5.41) is 9.46. The number of fused-ring (bicyclic) bond motifs is 1. The lowest BCUT2D eigenvalue weighted by Crippen LogP contribution is -2.38. The van der Waals surface area contributed by atoms with Gasteiger partial charge >= 0.3 is 0 Å². The molecule has 1 fully saturated rings. The zero-order valence-electron chi connectivity index (χ0n) is 17.2. The van der Waals surface area contributed by atoms with E-state index in [-0.39, 0.29) is 5.91 Å². The number of carbonyl (C=O) groups is 1. The number of rotatable bonds is 7. The third-order valence-electron chi connectivity index (χ3n) is 5.52. The molecule has 0 aliphatic carbocycles. The number of amides is 1. The Morgan fingerprint density at radius 1 is 1.20 bits per heavy atom. The van der Waals surface area contributed by atoms with Gasteiger partial charge in [0.1, 0.15) is 11.7 Å². The van der Waals surface area contributed by atoms with Crippen LogP contribution in [-0.2, 0) is 9.53 Å². The summed E-state index contributed by atoms with van der Waals surface area (Å²) < 4.78 is 7.17. The largest absolute Gasteiger partial charge is 0.379 e. The first-order valence-corrected chi connectivity index (χ1v) is 10.8. The fourth-order valence-corrected chi connectivity index (χ4v) is 3.99. The molecule has 7 heteroatoms. The summed E-state index contributed by atoms with van der Waals surface area (Å²) >= 11 is 6.25. The first kappa shape index (κ1) is 20.8. The van der Waals surface area contributed by atoms with Crippen LogP contribution in [0.2, 0.25) is 5.02 Å². The molecule has 1 saturated heterocycles. The van der Waals surface area contributed by atoms with E-state index in [1.807, 2.05) is 55.5 Å². The van der Waals surface area contributed by atoms with E-state index in [0.29, 0.717) is 11.6 Å². The molecule has 6 nitrogen and oxygen atoms in total. The average Bonchev–Trinajstić information content (AvgIpc) is 3.16. The molecule has 0 spiro atoms. The summed E-state index contributed by atoms with van der Waals surface area (Å²) in [7, 11) is 0. The summed E-state index contributed by atoms with van der Waals surface area (Å²) in [6, 6.07) is 15.2. The van der Waals surface area contributed by atoms with Crippen molar-refractivity contribution in [1.82, 2.24) is 20.0 Å². The van der Waals surface area contributed by atoms with Crippen molar-refractivity contribution in [2.75, 3.05) is 39.4 Å². The van der Waals surface area contributed by atoms with Crippen LogP contribution in [0.15, 0.2) is 48.5 Å². The Hall–Kier alpha value is -2.41. The lowest BCUT2D eigenvalue weighted by molar-refractivity contribution is -0.124. The van der Waals surface area contributed by atoms with Gasteiger partial charge in [-0.1, -0.05) is 41.9 Å². The minimum atomic E-state index is -0.422. The SMILES string of the molecule is C[C@H](C(=O)NCCCN1CCOCC1)n1nc(-c2ccccc2)c2cc(Cl)ccc21. The Kier molecular flexibility index (Phi) is 6.67. The van der Waals surface area contributed by atoms with Gasteiger partial charge in [-0.15, -0.1) is 0 Å². The highest BCUT2D eigenvalue weighted by Crippen LogP contribution is 2.31. The van der Waals surface area contributed by atoms with Crippen molar-refractivity contribution in [3.05, 3.63) is 53.6 Å². The van der Waals surface area contributed by atoms with Gasteiger partial charge < -0.3 is 10.1 Å². The van der Waals surface area contributed by atoms with Crippen molar-refractivity contribution in [3.63, 3.8) is 0 Å². The molecule has 1 aliphatic rings. The number of carbonyl (C=O) groups excluding carboxylic acids is 1. The molecule has 0 bridgehead atoms. The number of nitrogens with one attached hydrogen (secondary N) is 1. The van der Waals surface area contributed by atoms with E-state index in [1.165, 1.54) is 0 Å². The first-order valence-electron chi connectivity index (χ1n) is 10.4. The van der Waals surface area contributed by atoms with Crippen molar-refractivity contribution in [1.29, 1.82) is 0 Å². The van der Waals surface area contributed by atoms with Gasteiger partial charge in [0, 0.05) is 35.6 Å². The predicted molar refractivity (Wildman–Crippen MR) is 120 cm³/mol. The number of hydrogen-bond donors (Lipinski definition) is 1. The molecular weight excluding hydrogens is 400 g/mol. The maximum atomic E-state index is 12.8. The predicted octanol–water partition coefficient (Wildman–Crippen LogP) is 3.76. The number of morpholine rings is 1. The smallest absolute Gasteiger partial charge is 0.244 e. The van der Waals surface area contributed by atoms with E-state index in [4.69, 9.17) is 21.4 Å². The standard InChI is InChI=1S/C23H27ClN4O2/c1-17(23(29)25-10-5-11-27-12-14-30-15-13-27)28-21-9-8-19(24)16-20(21)22(26-28)18-6-3-2-4-7-18/h2-4,6-9,16-17H,5,10-15H2,1H3,(H,25,29)/t17-/m1/s1. The number of ether oxygens (including phenoxy) is 1. The van der Waals surface area contributed by atoms with Gasteiger partial charge in [0.05, 0.1) is 18.7 Å². The van der Waals surface area contributed by atoms with Gasteiger partial charge in [-0.2, -0.15) is 5.10 Å². The Morgan fingerprint density at radius 3 is 2.73 bits per heavy atom. The third-order valence-corrected chi connectivity index (χ3v) is 5.75. The Labute approximate surface area is 181 Å². The molecule has 1 aliphatic heterocycles. The first-order chi connectivity index (χ1) is 14.6. The van der Waals surface area contributed by atoms with Crippen molar-refractivity contribution >= 4 is 28.4 Å². The fraction of sp³-hybridized carbons (Fsp3) is 0.391. The van der Waals surface area contributed by atoms with Crippen LogP contribution in [-0.4, -0.2) is 60.0 Å². The number of aromatic nitrogens is 2. The van der Waals surface area contributed by atoms with E-state index in [9.17, 15) is 4.79 Å². The summed E-state index contributed by atoms with van der Waals surface area (Å²) in [5.41, 5.74) is 2.73. The highest BCUT2D eigenvalue weighted by Gasteiger charge is 2.21. The minimum absolute atomic E-state index is 0.0315. The number of hydrogen-bond acceptors (Lipinski definition) is 4. The number of nitrogens with zero attached hydrogens (tertiary/aromatic N) is 3. The molecule has 158 valence electrons. The van der Waals surface area contributed by atoms with E-state index in [1.54, 1.807) is 4.68 Å². The normalized spacial score (nSPS) is 15.9. The second-order valence-corrected chi connectivity index (χ2v) is 8.03. The molecule has 1 amide bonds. The van der Waals surface area contributed by atoms with Gasteiger partial charge in [0.25, 0.3) is 0 Å². The van der Waals surface area contributed by atoms with E-state index >= 15 is 0 Å². The van der Waals surface area contributed by atoms with E-state index in [2.05, 4.69) is 10.2 Å². The molecule has 4 rings (SSSR count). The maximum absolute atomic E-state index is 12.8. The van der Waals surface area contributed by atoms with Crippen LogP contribution >= 0.6 is 11.6 Å². The molecule has 1 aromatic heterocycles. The summed E-state index contributed by atoms with van der Waals surface area (Å²) in [6.45, 7) is 7.03. The van der Waals surface area contributed by atoms with Crippen molar-refractivity contribution in [3.8, 4) is 11.3 Å². The monoisotopic (exact) mass is 426 g/mol. The van der Waals surface area contributed by atoms with Gasteiger partial charge in [-0.05, 0) is 38.1 Å². The van der Waals surface area contributed by atoms with Crippen LogP contribution in [0.25, 0.3) is 22.2 Å². The Bertz CT molecular complexity index is 999. The van der Waals surface area contributed by atoms with Crippen molar-refractivity contribution < 1.29 is 9.53 Å². The summed E-state index contributed by atoms with van der Waals surface area (Å²) in [5.74, 6) is -0.0315. The van der Waals surface area contributed by atoms with Crippen LogP contribution in [0.4, 0.5) is 0 Å². The zero-order chi connectivity index (χ0) is 20.9. The zero-order valence-corrected chi connectivity index (χ0v) is 17.9. The molecule has 0 saturated carbocycles. The summed E-state index contributed by atoms with van der Waals surface area (Å²) in [4.78, 5) is 15.2. The second-order valence-electron chi connectivity index (χ2n) is 7.60. The molecule has 1 N–H and O–H groups in total. The molecule has 1 atom stereocenters. The molecule has 0 unspecified atom stereocenters. The highest BCUT2D eigenvalue weighted by atomic mass is 35.5. The lowest BCUT2D eigenvalue weighted by Gasteiger charge is -2.26. The van der Waals surface area contributed by atoms with Crippen LogP contribution < -0.4 is 5.32 Å². The molecule has 30 heavy (non-hydrogen) atoms. The Balaban J connectivity index is 1.47. The van der Waals surface area contributed by atoms with Crippen molar-refractivity contribution in [2.45, 2.75) is 19.4 Å². The Morgan fingerprint density at radius 2 is 1.97 bits per heavy atom. The molecule has 3 aromatic rings. The van der Waals surface area contributed by atoms with Gasteiger partial charge in [0.2, 0.25) is 5.91 Å². The highest BCUT2D eigenvalue weighted by molar-refractivity contribution is 6.31. The second kappa shape index (κ2) is 9.60. The molecule has 0 radical (unpaired) electrons. The van der Waals surface area contributed by atoms with Crippen molar-refractivity contribution in [2.24, 2.45) is 0 Å². The van der Waals surface area contributed by atoms with Crippen LogP contribution in [0.1, 0.15) is 19.4 Å². The average molecular weight is 427 g/mol. The van der Waals surface area contributed by atoms with Crippen LogP contribution in [0.5, 0.6) is 0 Å². The van der Waals surface area contributed by atoms with Gasteiger partial charge in [-0.25, -0.2) is 0 Å². The van der Waals surface area contributed by atoms with E-state index in [0.717, 1.165) is 61.4 Å². The van der Waals surface area contributed by atoms with E-state index < -0.39 is 6.04 Å².